The predicted octanol–water partition coefficient (Wildman–Crippen LogP) is 0.217. The van der Waals surface area contributed by atoms with Gasteiger partial charge in [-0.3, -0.25) is 9.79 Å². The van der Waals surface area contributed by atoms with Crippen LogP contribution in [0.3, 0.4) is 0 Å². The molecule has 122 valence electrons. The lowest BCUT2D eigenvalue weighted by atomic mass is 9.83. The number of amides is 1. The lowest BCUT2D eigenvalue weighted by Crippen LogP contribution is -2.61. The molecule has 1 amide bonds. The number of hydrogen-bond donors (Lipinski definition) is 2. The topological polar surface area (TPSA) is 93.4 Å². The Labute approximate surface area is 133 Å². The number of aliphatic hydroxyl groups excluding tert-OH is 1. The average molecular weight is 327 g/mol. The Bertz CT molecular complexity index is 530. The van der Waals surface area contributed by atoms with E-state index in [1.54, 1.807) is 13.3 Å². The quantitative estimate of drug-likeness (QED) is 0.301. The van der Waals surface area contributed by atoms with Gasteiger partial charge in [-0.05, 0) is 6.92 Å². The van der Waals surface area contributed by atoms with Gasteiger partial charge in [0.15, 0.2) is 0 Å². The van der Waals surface area contributed by atoms with Crippen molar-refractivity contribution < 1.29 is 19.8 Å². The fraction of sp³-hybridized carbons (Fsp3) is 0.643. The van der Waals surface area contributed by atoms with E-state index < -0.39 is 18.0 Å². The maximum absolute atomic E-state index is 12.0. The minimum Gasteiger partial charge on any atom is -0.477 e. The van der Waals surface area contributed by atoms with E-state index in [4.69, 9.17) is 0 Å². The number of rotatable bonds is 7. The molecule has 2 rings (SSSR count). The Hall–Kier alpha value is -1.54. The normalized spacial score (nSPS) is 25.5. The summed E-state index contributed by atoms with van der Waals surface area (Å²) in [7, 11) is 3.76. The van der Waals surface area contributed by atoms with E-state index in [1.165, 1.54) is 16.7 Å². The number of carboxylic acid groups (broad SMARTS) is 1. The number of aliphatic hydroxyl groups is 1. The molecule has 0 aromatic heterocycles. The van der Waals surface area contributed by atoms with Crippen molar-refractivity contribution in [3.05, 3.63) is 10.6 Å². The lowest BCUT2D eigenvalue weighted by molar-refractivity contribution is -0.161. The van der Waals surface area contributed by atoms with E-state index in [2.05, 4.69) is 4.99 Å². The summed E-state index contributed by atoms with van der Waals surface area (Å²) < 4.78 is 0. The van der Waals surface area contributed by atoms with Crippen LogP contribution in [0.25, 0.3) is 0 Å². The van der Waals surface area contributed by atoms with Gasteiger partial charge in [-0.1, -0.05) is 0 Å². The Morgan fingerprint density at radius 2 is 2.27 bits per heavy atom. The van der Waals surface area contributed by atoms with Gasteiger partial charge < -0.3 is 20.0 Å². The third-order valence-corrected chi connectivity index (χ3v) is 4.80. The summed E-state index contributed by atoms with van der Waals surface area (Å²) in [6, 6.07) is -0.216. The predicted molar refractivity (Wildman–Crippen MR) is 84.6 cm³/mol. The van der Waals surface area contributed by atoms with Crippen molar-refractivity contribution in [1.82, 2.24) is 9.80 Å². The molecule has 0 spiro atoms. The maximum Gasteiger partial charge on any atom is 0.353 e. The molecule has 2 aliphatic heterocycles. The molecule has 2 heterocycles. The number of hydrogen-bond acceptors (Lipinski definition) is 5. The lowest BCUT2D eigenvalue weighted by Gasteiger charge is -2.44. The van der Waals surface area contributed by atoms with Gasteiger partial charge in [0.1, 0.15) is 5.70 Å². The zero-order chi connectivity index (χ0) is 16.4. The van der Waals surface area contributed by atoms with Gasteiger partial charge in [-0.2, -0.15) is 0 Å². The summed E-state index contributed by atoms with van der Waals surface area (Å²) in [4.78, 5) is 31.5. The van der Waals surface area contributed by atoms with E-state index in [9.17, 15) is 19.8 Å². The van der Waals surface area contributed by atoms with Crippen molar-refractivity contribution in [2.45, 2.75) is 25.5 Å². The minimum absolute atomic E-state index is 0.0773. The van der Waals surface area contributed by atoms with Gasteiger partial charge in [-0.15, -0.1) is 11.8 Å². The molecule has 2 N–H and O–H groups in total. The molecule has 7 nitrogen and oxygen atoms in total. The van der Waals surface area contributed by atoms with Gasteiger partial charge in [0.05, 0.1) is 30.9 Å². The molecule has 0 saturated carbocycles. The highest BCUT2D eigenvalue weighted by molar-refractivity contribution is 8.03. The molecule has 8 heteroatoms. The molecule has 0 aliphatic carbocycles. The van der Waals surface area contributed by atoms with E-state index in [1.807, 2.05) is 19.0 Å². The first-order valence-electron chi connectivity index (χ1n) is 7.11. The standard InChI is InChI=1S/C14H21N3O4S/c1-8(18)11-9-6-10(22-5-4-15-7-16(2)3)12(14(20)21)17(9)13(11)19/h7-9,11,18H,4-6H2,1-3H3,(H,20,21)/t8-,9-,11-/m1/s1. The van der Waals surface area contributed by atoms with Crippen LogP contribution >= 0.6 is 11.8 Å². The third kappa shape index (κ3) is 3.12. The van der Waals surface area contributed by atoms with Crippen LogP contribution in [0.2, 0.25) is 0 Å². The number of carbonyl (C=O) groups is 2. The minimum atomic E-state index is -1.08. The summed E-state index contributed by atoms with van der Waals surface area (Å²) in [5.41, 5.74) is 0.0773. The summed E-state index contributed by atoms with van der Waals surface area (Å²) in [5.74, 6) is -1.21. The van der Waals surface area contributed by atoms with Gasteiger partial charge in [0.2, 0.25) is 5.91 Å². The molecule has 0 aromatic rings. The Morgan fingerprint density at radius 3 is 2.82 bits per heavy atom. The molecule has 0 bridgehead atoms. The molecule has 1 saturated heterocycles. The molecular weight excluding hydrogens is 306 g/mol. The zero-order valence-electron chi connectivity index (χ0n) is 12.9. The van der Waals surface area contributed by atoms with E-state index in [0.717, 1.165) is 0 Å². The van der Waals surface area contributed by atoms with Crippen molar-refractivity contribution in [1.29, 1.82) is 0 Å². The van der Waals surface area contributed by atoms with E-state index in [-0.39, 0.29) is 17.6 Å². The Kier molecular flexibility index (Phi) is 5.12. The highest BCUT2D eigenvalue weighted by Crippen LogP contribution is 2.46. The first-order valence-corrected chi connectivity index (χ1v) is 8.10. The van der Waals surface area contributed by atoms with Crippen LogP contribution in [-0.4, -0.2) is 76.8 Å². The van der Waals surface area contributed by atoms with Crippen LogP contribution in [0.1, 0.15) is 13.3 Å². The number of nitrogens with zero attached hydrogens (tertiary/aromatic N) is 3. The smallest absolute Gasteiger partial charge is 0.353 e. The number of aliphatic imine (C=N–C) groups is 1. The number of carbonyl (C=O) groups excluding carboxylic acids is 1. The fourth-order valence-electron chi connectivity index (χ4n) is 2.80. The van der Waals surface area contributed by atoms with Crippen LogP contribution in [0.4, 0.5) is 0 Å². The highest BCUT2D eigenvalue weighted by Gasteiger charge is 2.56. The zero-order valence-corrected chi connectivity index (χ0v) is 13.7. The van der Waals surface area contributed by atoms with Crippen molar-refractivity contribution in [2.24, 2.45) is 10.9 Å². The third-order valence-electron chi connectivity index (χ3n) is 3.70. The first-order chi connectivity index (χ1) is 10.3. The fourth-order valence-corrected chi connectivity index (χ4v) is 3.86. The number of thioether (sulfide) groups is 1. The van der Waals surface area contributed by atoms with Crippen LogP contribution in [0.15, 0.2) is 15.6 Å². The Morgan fingerprint density at radius 1 is 1.59 bits per heavy atom. The van der Waals surface area contributed by atoms with Crippen LogP contribution in [-0.2, 0) is 9.59 Å². The molecule has 1 fully saturated rings. The second-order valence-corrected chi connectivity index (χ2v) is 6.85. The SMILES string of the molecule is C[C@@H](O)[C@H]1C(=O)N2C(C(=O)O)=C(SCCN=CN(C)C)C[C@H]12. The van der Waals surface area contributed by atoms with Crippen molar-refractivity contribution in [2.75, 3.05) is 26.4 Å². The summed E-state index contributed by atoms with van der Waals surface area (Å²) >= 11 is 1.43. The van der Waals surface area contributed by atoms with Crippen LogP contribution in [0, 0.1) is 5.92 Å². The second kappa shape index (κ2) is 6.70. The van der Waals surface area contributed by atoms with Crippen LogP contribution in [0.5, 0.6) is 0 Å². The molecule has 0 radical (unpaired) electrons. The molecule has 3 atom stereocenters. The van der Waals surface area contributed by atoms with E-state index >= 15 is 0 Å². The molecule has 2 aliphatic rings. The van der Waals surface area contributed by atoms with Gasteiger partial charge >= 0.3 is 5.97 Å². The van der Waals surface area contributed by atoms with Crippen molar-refractivity contribution in [3.63, 3.8) is 0 Å². The second-order valence-electron chi connectivity index (χ2n) is 5.66. The van der Waals surface area contributed by atoms with Crippen molar-refractivity contribution in [3.8, 4) is 0 Å². The van der Waals surface area contributed by atoms with Crippen molar-refractivity contribution >= 4 is 30.0 Å². The summed E-state index contributed by atoms with van der Waals surface area (Å²) in [6.07, 6.45) is 1.46. The van der Waals surface area contributed by atoms with Gasteiger partial charge in [0, 0.05) is 31.2 Å². The monoisotopic (exact) mass is 327 g/mol. The first kappa shape index (κ1) is 16.8. The molecule has 0 unspecified atom stereocenters. The molecule has 22 heavy (non-hydrogen) atoms. The summed E-state index contributed by atoms with van der Waals surface area (Å²) in [6.45, 7) is 2.15. The summed E-state index contributed by atoms with van der Waals surface area (Å²) in [5, 5.41) is 19.0. The largest absolute Gasteiger partial charge is 0.477 e. The number of aliphatic carboxylic acids is 1. The molecule has 0 aromatic carbocycles. The van der Waals surface area contributed by atoms with Crippen LogP contribution < -0.4 is 0 Å². The molecular formula is C14H21N3O4S. The number of fused-ring (bicyclic) bond motifs is 1. The average Bonchev–Trinajstić information content (AvgIpc) is 2.72. The number of carboxylic acids is 1. The maximum atomic E-state index is 12.0. The van der Waals surface area contributed by atoms with Gasteiger partial charge in [0.25, 0.3) is 0 Å². The van der Waals surface area contributed by atoms with E-state index in [0.29, 0.717) is 23.6 Å². The van der Waals surface area contributed by atoms with Gasteiger partial charge in [-0.25, -0.2) is 4.79 Å². The number of β-lactam (4-membered cyclic amide) rings is 1. The highest BCUT2D eigenvalue weighted by atomic mass is 32.2. The Balaban J connectivity index is 2.01.